The van der Waals surface area contributed by atoms with Gasteiger partial charge in [0, 0.05) is 35.2 Å². The molecule has 3 N–H and O–H groups in total. The fourth-order valence-electron chi connectivity index (χ4n) is 3.46. The van der Waals surface area contributed by atoms with Crippen LogP contribution in [-0.2, 0) is 29.1 Å². The van der Waals surface area contributed by atoms with Crippen molar-refractivity contribution in [1.82, 2.24) is 4.90 Å². The molecule has 3 rings (SSSR count). The summed E-state index contributed by atoms with van der Waals surface area (Å²) < 4.78 is 0. The highest BCUT2D eigenvalue weighted by atomic mass is 35.5. The van der Waals surface area contributed by atoms with E-state index in [2.05, 4.69) is 5.32 Å². The molecule has 1 aliphatic rings. The molecule has 1 unspecified atom stereocenters. The number of hydrogen-bond acceptors (Lipinski definition) is 3. The Labute approximate surface area is 181 Å². The molecule has 7 heteroatoms. The van der Waals surface area contributed by atoms with Crippen LogP contribution >= 0.6 is 23.2 Å². The molecule has 0 spiro atoms. The van der Waals surface area contributed by atoms with Gasteiger partial charge < -0.3 is 16.0 Å². The van der Waals surface area contributed by atoms with Crippen molar-refractivity contribution in [3.63, 3.8) is 0 Å². The Bertz CT molecular complexity index is 930. The van der Waals surface area contributed by atoms with Crippen LogP contribution < -0.4 is 11.1 Å². The molecule has 29 heavy (non-hydrogen) atoms. The number of benzene rings is 2. The van der Waals surface area contributed by atoms with Crippen LogP contribution in [0.2, 0.25) is 10.0 Å². The van der Waals surface area contributed by atoms with Crippen molar-refractivity contribution in [2.24, 2.45) is 11.7 Å². The lowest BCUT2D eigenvalue weighted by molar-refractivity contribution is -0.133. The van der Waals surface area contributed by atoms with E-state index in [0.717, 1.165) is 22.4 Å². The average Bonchev–Trinajstić information content (AvgIpc) is 3.05. The molecule has 0 aliphatic carbocycles. The van der Waals surface area contributed by atoms with Gasteiger partial charge in [0.05, 0.1) is 6.04 Å². The second-order valence-electron chi connectivity index (χ2n) is 7.87. The van der Waals surface area contributed by atoms with Gasteiger partial charge in [-0.3, -0.25) is 9.59 Å². The van der Waals surface area contributed by atoms with Crippen molar-refractivity contribution < 1.29 is 9.59 Å². The normalized spacial score (nSPS) is 14.1. The van der Waals surface area contributed by atoms with Crippen LogP contribution in [0.15, 0.2) is 36.4 Å². The van der Waals surface area contributed by atoms with Gasteiger partial charge in [0.1, 0.15) is 0 Å². The number of carbonyl (C=O) groups is 2. The van der Waals surface area contributed by atoms with E-state index in [9.17, 15) is 9.59 Å². The third kappa shape index (κ3) is 5.50. The van der Waals surface area contributed by atoms with Crippen LogP contribution in [0.25, 0.3) is 0 Å². The van der Waals surface area contributed by atoms with Gasteiger partial charge in [0.15, 0.2) is 0 Å². The first kappa shape index (κ1) is 21.6. The molecule has 1 heterocycles. The predicted molar refractivity (Wildman–Crippen MR) is 117 cm³/mol. The molecule has 0 radical (unpaired) electrons. The summed E-state index contributed by atoms with van der Waals surface area (Å²) >= 11 is 12.1. The summed E-state index contributed by atoms with van der Waals surface area (Å²) in [5.41, 5.74) is 9.81. The Morgan fingerprint density at radius 3 is 2.52 bits per heavy atom. The number of fused-ring (bicyclic) bond motifs is 1. The number of rotatable bonds is 6. The number of nitrogens with zero attached hydrogens (tertiary/aromatic N) is 1. The third-order valence-corrected chi connectivity index (χ3v) is 5.48. The van der Waals surface area contributed by atoms with Gasteiger partial charge in [0.25, 0.3) is 0 Å². The lowest BCUT2D eigenvalue weighted by Gasteiger charge is -2.20. The summed E-state index contributed by atoms with van der Waals surface area (Å²) in [7, 11) is 0. The molecule has 2 aromatic carbocycles. The summed E-state index contributed by atoms with van der Waals surface area (Å²) in [5.74, 6) is 0.165. The van der Waals surface area contributed by atoms with E-state index in [1.807, 2.05) is 32.0 Å². The van der Waals surface area contributed by atoms with Gasteiger partial charge in [-0.1, -0.05) is 49.2 Å². The fourth-order valence-corrected chi connectivity index (χ4v) is 3.94. The van der Waals surface area contributed by atoms with Crippen LogP contribution in [0.4, 0.5) is 5.69 Å². The zero-order valence-electron chi connectivity index (χ0n) is 16.5. The van der Waals surface area contributed by atoms with Crippen molar-refractivity contribution in [1.29, 1.82) is 0 Å². The SMILES string of the molecule is CC(C)CC(=O)Nc1ccc2c(c1)CN(C(=O)C(N)Cc1ccc(Cl)cc1Cl)C2. The van der Waals surface area contributed by atoms with E-state index in [1.54, 1.807) is 23.1 Å². The topological polar surface area (TPSA) is 75.4 Å². The highest BCUT2D eigenvalue weighted by Gasteiger charge is 2.28. The average molecular weight is 434 g/mol. The highest BCUT2D eigenvalue weighted by molar-refractivity contribution is 6.35. The van der Waals surface area contributed by atoms with Crippen molar-refractivity contribution in [3.8, 4) is 0 Å². The second kappa shape index (κ2) is 9.16. The molecule has 2 aromatic rings. The van der Waals surface area contributed by atoms with Crippen molar-refractivity contribution in [3.05, 3.63) is 63.1 Å². The molecule has 5 nitrogen and oxygen atoms in total. The Morgan fingerprint density at radius 2 is 1.83 bits per heavy atom. The standard InChI is InChI=1S/C22H25Cl2N3O2/c1-13(2)7-21(28)26-18-6-4-15-11-27(12-16(15)8-18)22(29)20(25)9-14-3-5-17(23)10-19(14)24/h3-6,8,10,13,20H,7,9,11-12,25H2,1-2H3,(H,26,28). The van der Waals surface area contributed by atoms with Crippen LogP contribution in [0.3, 0.4) is 0 Å². The maximum atomic E-state index is 12.8. The van der Waals surface area contributed by atoms with Crippen LogP contribution in [0, 0.1) is 5.92 Å². The molecule has 0 aromatic heterocycles. The molecule has 0 fully saturated rings. The maximum absolute atomic E-state index is 12.8. The molecule has 0 saturated carbocycles. The van der Waals surface area contributed by atoms with Crippen LogP contribution in [-0.4, -0.2) is 22.8 Å². The minimum absolute atomic E-state index is 0.00672. The van der Waals surface area contributed by atoms with E-state index < -0.39 is 6.04 Å². The van der Waals surface area contributed by atoms with Gasteiger partial charge in [-0.05, 0) is 53.3 Å². The quantitative estimate of drug-likeness (QED) is 0.708. The van der Waals surface area contributed by atoms with E-state index in [-0.39, 0.29) is 11.8 Å². The zero-order valence-corrected chi connectivity index (χ0v) is 18.1. The minimum atomic E-state index is -0.687. The van der Waals surface area contributed by atoms with Crippen molar-refractivity contribution >= 4 is 40.7 Å². The number of carbonyl (C=O) groups excluding carboxylic acids is 2. The van der Waals surface area contributed by atoms with Gasteiger partial charge in [-0.25, -0.2) is 0 Å². The number of nitrogens with two attached hydrogens (primary N) is 1. The zero-order chi connectivity index (χ0) is 21.1. The molecule has 2 amide bonds. The third-order valence-electron chi connectivity index (χ3n) is 4.89. The number of halogens is 2. The Balaban J connectivity index is 1.63. The van der Waals surface area contributed by atoms with Crippen molar-refractivity contribution in [2.45, 2.75) is 45.8 Å². The van der Waals surface area contributed by atoms with E-state index in [1.165, 1.54) is 0 Å². The number of hydrogen-bond donors (Lipinski definition) is 2. The minimum Gasteiger partial charge on any atom is -0.333 e. The summed E-state index contributed by atoms with van der Waals surface area (Å²) in [6.45, 7) is 5.00. The highest BCUT2D eigenvalue weighted by Crippen LogP contribution is 2.27. The van der Waals surface area contributed by atoms with Gasteiger partial charge in [-0.2, -0.15) is 0 Å². The predicted octanol–water partition coefficient (Wildman–Crippen LogP) is 4.39. The first-order valence-electron chi connectivity index (χ1n) is 9.63. The molecule has 154 valence electrons. The van der Waals surface area contributed by atoms with Gasteiger partial charge >= 0.3 is 0 Å². The summed E-state index contributed by atoms with van der Waals surface area (Å²) in [4.78, 5) is 26.6. The van der Waals surface area contributed by atoms with E-state index in [0.29, 0.717) is 41.9 Å². The number of nitrogens with one attached hydrogen (secondary N) is 1. The second-order valence-corrected chi connectivity index (χ2v) is 8.71. The fraction of sp³-hybridized carbons (Fsp3) is 0.364. The largest absolute Gasteiger partial charge is 0.333 e. The Hall–Kier alpha value is -2.08. The van der Waals surface area contributed by atoms with Crippen LogP contribution in [0.5, 0.6) is 0 Å². The molecule has 1 aliphatic heterocycles. The summed E-state index contributed by atoms with van der Waals surface area (Å²) in [6.07, 6.45) is 0.821. The van der Waals surface area contributed by atoms with E-state index in [4.69, 9.17) is 28.9 Å². The van der Waals surface area contributed by atoms with E-state index >= 15 is 0 Å². The molecular weight excluding hydrogens is 409 g/mol. The lowest BCUT2D eigenvalue weighted by Crippen LogP contribution is -2.42. The number of anilines is 1. The monoisotopic (exact) mass is 433 g/mol. The first-order valence-corrected chi connectivity index (χ1v) is 10.4. The first-order chi connectivity index (χ1) is 13.7. The van der Waals surface area contributed by atoms with Gasteiger partial charge in [0.2, 0.25) is 11.8 Å². The Kier molecular flexibility index (Phi) is 6.83. The summed E-state index contributed by atoms with van der Waals surface area (Å²) in [6, 6.07) is 10.3. The molecule has 0 bridgehead atoms. The molecule has 0 saturated heterocycles. The molecular formula is C22H25Cl2N3O2. The van der Waals surface area contributed by atoms with Gasteiger partial charge in [-0.15, -0.1) is 0 Å². The van der Waals surface area contributed by atoms with Crippen molar-refractivity contribution in [2.75, 3.05) is 5.32 Å². The Morgan fingerprint density at radius 1 is 1.10 bits per heavy atom. The molecule has 1 atom stereocenters. The smallest absolute Gasteiger partial charge is 0.240 e. The lowest BCUT2D eigenvalue weighted by atomic mass is 10.1. The van der Waals surface area contributed by atoms with Crippen LogP contribution in [0.1, 0.15) is 37.0 Å². The maximum Gasteiger partial charge on any atom is 0.240 e. The number of amides is 2. The summed E-state index contributed by atoms with van der Waals surface area (Å²) in [5, 5.41) is 3.97.